The van der Waals surface area contributed by atoms with Crippen LogP contribution in [0.3, 0.4) is 0 Å². The van der Waals surface area contributed by atoms with Crippen LogP contribution in [0.25, 0.3) is 0 Å². The number of nitrogens with one attached hydrogen (secondary N) is 1. The first-order valence-corrected chi connectivity index (χ1v) is 7.44. The maximum Gasteiger partial charge on any atom is 0.260 e. The molecular formula is C16H24N2O2. The van der Waals surface area contributed by atoms with Gasteiger partial charge in [0.2, 0.25) is 0 Å². The third kappa shape index (κ3) is 3.97. The van der Waals surface area contributed by atoms with Crippen molar-refractivity contribution >= 4 is 5.91 Å². The van der Waals surface area contributed by atoms with Gasteiger partial charge in [0.1, 0.15) is 5.75 Å². The van der Waals surface area contributed by atoms with E-state index in [4.69, 9.17) is 4.74 Å². The Morgan fingerprint density at radius 2 is 1.95 bits per heavy atom. The van der Waals surface area contributed by atoms with Crippen LogP contribution in [0, 0.1) is 0 Å². The van der Waals surface area contributed by atoms with Crippen LogP contribution in [0.5, 0.6) is 5.75 Å². The number of amides is 1. The summed E-state index contributed by atoms with van der Waals surface area (Å²) in [5, 5.41) is 3.37. The highest BCUT2D eigenvalue weighted by atomic mass is 16.5. The smallest absolute Gasteiger partial charge is 0.260 e. The van der Waals surface area contributed by atoms with Crippen molar-refractivity contribution in [2.24, 2.45) is 0 Å². The van der Waals surface area contributed by atoms with Crippen LogP contribution in [0.2, 0.25) is 0 Å². The number of likely N-dealkylation sites (tertiary alicyclic amines) is 1. The minimum absolute atomic E-state index is 0.0904. The summed E-state index contributed by atoms with van der Waals surface area (Å²) in [5.74, 6) is 0.845. The van der Waals surface area contributed by atoms with Crippen LogP contribution in [-0.4, -0.2) is 37.0 Å². The van der Waals surface area contributed by atoms with E-state index < -0.39 is 0 Å². The first kappa shape index (κ1) is 14.9. The number of carbonyl (C=O) groups excluding carboxylic acids is 1. The fourth-order valence-corrected chi connectivity index (χ4v) is 2.48. The Morgan fingerprint density at radius 3 is 2.55 bits per heavy atom. The molecule has 1 aromatic rings. The van der Waals surface area contributed by atoms with E-state index in [1.54, 1.807) is 0 Å². The van der Waals surface area contributed by atoms with Gasteiger partial charge in [-0.15, -0.1) is 0 Å². The molecule has 4 heteroatoms. The second-order valence-corrected chi connectivity index (χ2v) is 5.22. The third-order valence-electron chi connectivity index (χ3n) is 3.71. The van der Waals surface area contributed by atoms with E-state index in [0.717, 1.165) is 38.2 Å². The molecule has 0 bridgehead atoms. The number of nitrogens with zero attached hydrogens (tertiary/aromatic N) is 1. The maximum atomic E-state index is 11.9. The summed E-state index contributed by atoms with van der Waals surface area (Å²) in [6, 6.07) is 8.28. The number of carbonyl (C=O) groups is 1. The van der Waals surface area contributed by atoms with E-state index in [2.05, 4.69) is 19.2 Å². The molecule has 1 unspecified atom stereocenters. The lowest BCUT2D eigenvalue weighted by Crippen LogP contribution is -2.32. The number of rotatable bonds is 6. The summed E-state index contributed by atoms with van der Waals surface area (Å²) in [7, 11) is 0. The van der Waals surface area contributed by atoms with Crippen molar-refractivity contribution in [3.63, 3.8) is 0 Å². The van der Waals surface area contributed by atoms with Crippen molar-refractivity contribution in [2.75, 3.05) is 26.2 Å². The molecule has 1 aliphatic rings. The van der Waals surface area contributed by atoms with Gasteiger partial charge in [-0.25, -0.2) is 0 Å². The lowest BCUT2D eigenvalue weighted by Gasteiger charge is -2.16. The maximum absolute atomic E-state index is 11.9. The number of hydrogen-bond donors (Lipinski definition) is 1. The first-order valence-electron chi connectivity index (χ1n) is 7.44. The molecule has 0 saturated carbocycles. The lowest BCUT2D eigenvalue weighted by molar-refractivity contribution is -0.132. The van der Waals surface area contributed by atoms with Gasteiger partial charge in [-0.2, -0.15) is 0 Å². The van der Waals surface area contributed by atoms with Gasteiger partial charge in [-0.3, -0.25) is 4.79 Å². The lowest BCUT2D eigenvalue weighted by atomic mass is 10.1. The van der Waals surface area contributed by atoms with Gasteiger partial charge in [-0.05, 0) is 44.0 Å². The fraction of sp³-hybridized carbons (Fsp3) is 0.562. The highest BCUT2D eigenvalue weighted by Gasteiger charge is 2.18. The van der Waals surface area contributed by atoms with Crippen molar-refractivity contribution < 1.29 is 9.53 Å². The quantitative estimate of drug-likeness (QED) is 0.867. The second-order valence-electron chi connectivity index (χ2n) is 5.22. The molecule has 1 saturated heterocycles. The Labute approximate surface area is 121 Å². The minimum atomic E-state index is 0.0904. The van der Waals surface area contributed by atoms with Crippen LogP contribution >= 0.6 is 0 Å². The monoisotopic (exact) mass is 276 g/mol. The predicted molar refractivity (Wildman–Crippen MR) is 79.8 cm³/mol. The van der Waals surface area contributed by atoms with Crippen LogP contribution in [-0.2, 0) is 4.79 Å². The molecule has 1 heterocycles. The van der Waals surface area contributed by atoms with Gasteiger partial charge in [0.05, 0.1) is 0 Å². The van der Waals surface area contributed by atoms with Crippen LogP contribution in [0.1, 0.15) is 38.3 Å². The average Bonchev–Trinajstić information content (AvgIpc) is 3.00. The molecule has 1 amide bonds. The molecule has 20 heavy (non-hydrogen) atoms. The topological polar surface area (TPSA) is 41.6 Å². The van der Waals surface area contributed by atoms with Gasteiger partial charge in [0.25, 0.3) is 5.91 Å². The number of hydrogen-bond acceptors (Lipinski definition) is 3. The van der Waals surface area contributed by atoms with E-state index in [9.17, 15) is 4.79 Å². The Hall–Kier alpha value is -1.55. The van der Waals surface area contributed by atoms with Crippen molar-refractivity contribution in [2.45, 2.75) is 32.7 Å². The van der Waals surface area contributed by atoms with Crippen LogP contribution < -0.4 is 10.1 Å². The van der Waals surface area contributed by atoms with Gasteiger partial charge >= 0.3 is 0 Å². The minimum Gasteiger partial charge on any atom is -0.484 e. The Morgan fingerprint density at radius 1 is 1.30 bits per heavy atom. The van der Waals surface area contributed by atoms with E-state index in [-0.39, 0.29) is 12.5 Å². The summed E-state index contributed by atoms with van der Waals surface area (Å²) in [6.07, 6.45) is 2.23. The summed E-state index contributed by atoms with van der Waals surface area (Å²) in [4.78, 5) is 13.7. The molecule has 0 radical (unpaired) electrons. The molecule has 2 rings (SSSR count). The summed E-state index contributed by atoms with van der Waals surface area (Å²) in [5.41, 5.74) is 1.23. The van der Waals surface area contributed by atoms with Crippen LogP contribution in [0.15, 0.2) is 24.3 Å². The highest BCUT2D eigenvalue weighted by Crippen LogP contribution is 2.17. The van der Waals surface area contributed by atoms with Crippen molar-refractivity contribution in [1.82, 2.24) is 10.2 Å². The van der Waals surface area contributed by atoms with E-state index in [1.807, 2.05) is 29.2 Å². The second kappa shape index (κ2) is 7.29. The first-order chi connectivity index (χ1) is 9.70. The molecule has 1 atom stereocenters. The van der Waals surface area contributed by atoms with Crippen molar-refractivity contribution in [1.29, 1.82) is 0 Å². The average molecular weight is 276 g/mol. The van der Waals surface area contributed by atoms with Gasteiger partial charge in [-0.1, -0.05) is 19.1 Å². The predicted octanol–water partition coefficient (Wildman–Crippen LogP) is 2.36. The molecule has 4 nitrogen and oxygen atoms in total. The van der Waals surface area contributed by atoms with Gasteiger partial charge < -0.3 is 15.0 Å². The fourth-order valence-electron chi connectivity index (χ4n) is 2.48. The zero-order valence-electron chi connectivity index (χ0n) is 12.4. The highest BCUT2D eigenvalue weighted by molar-refractivity contribution is 5.78. The molecule has 1 aromatic carbocycles. The molecule has 1 fully saturated rings. The van der Waals surface area contributed by atoms with E-state index in [0.29, 0.717) is 6.04 Å². The molecule has 110 valence electrons. The summed E-state index contributed by atoms with van der Waals surface area (Å²) in [6.45, 7) is 7.07. The Balaban J connectivity index is 1.82. The molecule has 0 aromatic heterocycles. The van der Waals surface area contributed by atoms with E-state index >= 15 is 0 Å². The standard InChI is InChI=1S/C16H24N2O2/c1-3-17-13(2)14-6-8-15(9-7-14)20-12-16(19)18-10-4-5-11-18/h6-9,13,17H,3-5,10-12H2,1-2H3. The third-order valence-corrected chi connectivity index (χ3v) is 3.71. The van der Waals surface area contributed by atoms with Gasteiger partial charge in [0.15, 0.2) is 6.61 Å². The molecule has 0 aliphatic carbocycles. The zero-order chi connectivity index (χ0) is 14.4. The SMILES string of the molecule is CCNC(C)c1ccc(OCC(=O)N2CCCC2)cc1. The largest absolute Gasteiger partial charge is 0.484 e. The molecule has 1 aliphatic heterocycles. The van der Waals surface area contributed by atoms with Crippen molar-refractivity contribution in [3.05, 3.63) is 29.8 Å². The Kier molecular flexibility index (Phi) is 5.41. The number of ether oxygens (including phenoxy) is 1. The normalized spacial score (nSPS) is 16.2. The van der Waals surface area contributed by atoms with Crippen LogP contribution in [0.4, 0.5) is 0 Å². The Bertz CT molecular complexity index is 425. The van der Waals surface area contributed by atoms with E-state index in [1.165, 1.54) is 5.56 Å². The molecule has 0 spiro atoms. The zero-order valence-corrected chi connectivity index (χ0v) is 12.4. The number of benzene rings is 1. The summed E-state index contributed by atoms with van der Waals surface area (Å²) < 4.78 is 5.56. The van der Waals surface area contributed by atoms with Crippen molar-refractivity contribution in [3.8, 4) is 5.75 Å². The van der Waals surface area contributed by atoms with Gasteiger partial charge in [0, 0.05) is 19.1 Å². The molecule has 1 N–H and O–H groups in total. The molecular weight excluding hydrogens is 252 g/mol. The summed E-state index contributed by atoms with van der Waals surface area (Å²) >= 11 is 0.